The zero-order valence-electron chi connectivity index (χ0n) is 14.6. The fraction of sp³-hybridized carbons (Fsp3) is 0.350. The average molecular weight is 342 g/mol. The minimum Gasteiger partial charge on any atom is -0.465 e. The molecule has 1 fully saturated rings. The van der Waals surface area contributed by atoms with Crippen LogP contribution < -0.4 is 4.90 Å². The Morgan fingerprint density at radius 2 is 1.96 bits per heavy atom. The van der Waals surface area contributed by atoms with Gasteiger partial charge in [0.2, 0.25) is 0 Å². The molecular formula is C20H23FN2O2. The van der Waals surface area contributed by atoms with Crippen molar-refractivity contribution in [1.82, 2.24) is 4.90 Å². The quantitative estimate of drug-likeness (QED) is 0.798. The van der Waals surface area contributed by atoms with Crippen molar-refractivity contribution in [1.29, 1.82) is 0 Å². The second kappa shape index (κ2) is 7.66. The van der Waals surface area contributed by atoms with Crippen molar-refractivity contribution in [2.24, 2.45) is 0 Å². The first-order chi connectivity index (χ1) is 12.1. The molecule has 5 heteroatoms. The maximum absolute atomic E-state index is 13.4. The molecule has 1 atom stereocenters. The van der Waals surface area contributed by atoms with E-state index >= 15 is 0 Å². The summed E-state index contributed by atoms with van der Waals surface area (Å²) in [7, 11) is 1.38. The molecule has 0 amide bonds. The first kappa shape index (κ1) is 17.4. The number of piperazine rings is 1. The van der Waals surface area contributed by atoms with Crippen LogP contribution in [0.3, 0.4) is 0 Å². The largest absolute Gasteiger partial charge is 0.465 e. The molecule has 2 aromatic rings. The molecule has 0 N–H and O–H groups in total. The smallest absolute Gasteiger partial charge is 0.337 e. The van der Waals surface area contributed by atoms with E-state index in [0.29, 0.717) is 11.6 Å². The second-order valence-electron chi connectivity index (χ2n) is 6.43. The van der Waals surface area contributed by atoms with Gasteiger partial charge in [0.1, 0.15) is 5.82 Å². The van der Waals surface area contributed by atoms with Crippen LogP contribution in [0.1, 0.15) is 22.8 Å². The van der Waals surface area contributed by atoms with Gasteiger partial charge in [0.15, 0.2) is 0 Å². The molecule has 0 bridgehead atoms. The SMILES string of the molecule is COC(=O)c1ccc(N2CCN(Cc3cccc(F)c3)C(C)C2)cc1. The first-order valence-electron chi connectivity index (χ1n) is 8.48. The van der Waals surface area contributed by atoms with Crippen LogP contribution in [0.25, 0.3) is 0 Å². The number of anilines is 1. The van der Waals surface area contributed by atoms with Gasteiger partial charge in [-0.05, 0) is 48.9 Å². The molecule has 1 saturated heterocycles. The van der Waals surface area contributed by atoms with E-state index in [0.717, 1.165) is 37.4 Å². The van der Waals surface area contributed by atoms with Crippen molar-refractivity contribution in [3.8, 4) is 0 Å². The molecule has 0 aliphatic carbocycles. The summed E-state index contributed by atoms with van der Waals surface area (Å²) in [6, 6.07) is 14.7. The number of halogens is 1. The van der Waals surface area contributed by atoms with Crippen LogP contribution in [0.2, 0.25) is 0 Å². The lowest BCUT2D eigenvalue weighted by Crippen LogP contribution is -2.51. The summed E-state index contributed by atoms with van der Waals surface area (Å²) in [5, 5.41) is 0. The van der Waals surface area contributed by atoms with Crippen LogP contribution in [0.4, 0.5) is 10.1 Å². The molecule has 2 aromatic carbocycles. The lowest BCUT2D eigenvalue weighted by molar-refractivity contribution is 0.0600. The summed E-state index contributed by atoms with van der Waals surface area (Å²) in [4.78, 5) is 16.2. The first-order valence-corrected chi connectivity index (χ1v) is 8.48. The van der Waals surface area contributed by atoms with Crippen molar-refractivity contribution in [3.63, 3.8) is 0 Å². The molecule has 0 aromatic heterocycles. The third-order valence-electron chi connectivity index (χ3n) is 4.69. The zero-order chi connectivity index (χ0) is 17.8. The molecule has 25 heavy (non-hydrogen) atoms. The summed E-state index contributed by atoms with van der Waals surface area (Å²) in [5.74, 6) is -0.505. The van der Waals surface area contributed by atoms with Gasteiger partial charge in [-0.25, -0.2) is 9.18 Å². The fourth-order valence-corrected chi connectivity index (χ4v) is 3.26. The molecule has 1 heterocycles. The Hall–Kier alpha value is -2.40. The van der Waals surface area contributed by atoms with E-state index < -0.39 is 0 Å². The highest BCUT2D eigenvalue weighted by molar-refractivity contribution is 5.89. The predicted molar refractivity (Wildman–Crippen MR) is 96.3 cm³/mol. The highest BCUT2D eigenvalue weighted by atomic mass is 19.1. The topological polar surface area (TPSA) is 32.8 Å². The van der Waals surface area contributed by atoms with Crippen molar-refractivity contribution in [3.05, 3.63) is 65.5 Å². The standard InChI is InChI=1S/C20H23FN2O2/c1-15-13-23(19-8-6-17(7-9-19)20(24)25-2)11-10-22(15)14-16-4-3-5-18(21)12-16/h3-9,12,15H,10-11,13-14H2,1-2H3. The minimum atomic E-state index is -0.320. The van der Waals surface area contributed by atoms with Gasteiger partial charge in [-0.1, -0.05) is 12.1 Å². The number of esters is 1. The van der Waals surface area contributed by atoms with Crippen molar-refractivity contribution < 1.29 is 13.9 Å². The Balaban J connectivity index is 1.62. The Kier molecular flexibility index (Phi) is 5.34. The van der Waals surface area contributed by atoms with Gasteiger partial charge in [-0.2, -0.15) is 0 Å². The number of hydrogen-bond donors (Lipinski definition) is 0. The molecule has 0 saturated carbocycles. The van der Waals surface area contributed by atoms with Crippen molar-refractivity contribution in [2.45, 2.75) is 19.5 Å². The van der Waals surface area contributed by atoms with Crippen LogP contribution in [-0.4, -0.2) is 43.7 Å². The van der Waals surface area contributed by atoms with Gasteiger partial charge < -0.3 is 9.64 Å². The van der Waals surface area contributed by atoms with Crippen LogP contribution in [0.5, 0.6) is 0 Å². The highest BCUT2D eigenvalue weighted by Gasteiger charge is 2.24. The zero-order valence-corrected chi connectivity index (χ0v) is 14.6. The van der Waals surface area contributed by atoms with Crippen LogP contribution >= 0.6 is 0 Å². The van der Waals surface area contributed by atoms with E-state index in [2.05, 4.69) is 16.7 Å². The van der Waals surface area contributed by atoms with Gasteiger partial charge in [0.25, 0.3) is 0 Å². The Morgan fingerprint density at radius 1 is 1.20 bits per heavy atom. The summed E-state index contributed by atoms with van der Waals surface area (Å²) in [6.07, 6.45) is 0. The van der Waals surface area contributed by atoms with Crippen LogP contribution in [0, 0.1) is 5.82 Å². The average Bonchev–Trinajstić information content (AvgIpc) is 2.63. The molecular weight excluding hydrogens is 319 g/mol. The molecule has 0 radical (unpaired) electrons. The van der Waals surface area contributed by atoms with E-state index in [1.165, 1.54) is 13.2 Å². The normalized spacial score (nSPS) is 18.2. The van der Waals surface area contributed by atoms with E-state index in [4.69, 9.17) is 4.74 Å². The van der Waals surface area contributed by atoms with E-state index in [1.807, 2.05) is 18.2 Å². The highest BCUT2D eigenvalue weighted by Crippen LogP contribution is 2.21. The maximum atomic E-state index is 13.4. The van der Waals surface area contributed by atoms with Gasteiger partial charge in [-0.15, -0.1) is 0 Å². The molecule has 0 spiro atoms. The Labute approximate surface area is 147 Å². The van der Waals surface area contributed by atoms with Crippen LogP contribution in [-0.2, 0) is 11.3 Å². The van der Waals surface area contributed by atoms with Gasteiger partial charge in [0, 0.05) is 37.9 Å². The third-order valence-corrected chi connectivity index (χ3v) is 4.69. The number of carbonyl (C=O) groups excluding carboxylic acids is 1. The van der Waals surface area contributed by atoms with Crippen LogP contribution in [0.15, 0.2) is 48.5 Å². The third kappa shape index (κ3) is 4.17. The number of methoxy groups -OCH3 is 1. The fourth-order valence-electron chi connectivity index (χ4n) is 3.26. The number of hydrogen-bond acceptors (Lipinski definition) is 4. The van der Waals surface area contributed by atoms with Gasteiger partial charge >= 0.3 is 5.97 Å². The molecule has 3 rings (SSSR count). The number of rotatable bonds is 4. The van der Waals surface area contributed by atoms with E-state index in [-0.39, 0.29) is 11.8 Å². The monoisotopic (exact) mass is 342 g/mol. The lowest BCUT2D eigenvalue weighted by Gasteiger charge is -2.41. The number of ether oxygens (including phenoxy) is 1. The second-order valence-corrected chi connectivity index (χ2v) is 6.43. The van der Waals surface area contributed by atoms with Crippen molar-refractivity contribution in [2.75, 3.05) is 31.6 Å². The van der Waals surface area contributed by atoms with Gasteiger partial charge in [-0.3, -0.25) is 4.90 Å². The molecule has 1 unspecified atom stereocenters. The Morgan fingerprint density at radius 3 is 2.60 bits per heavy atom. The molecule has 132 valence electrons. The molecule has 1 aliphatic heterocycles. The minimum absolute atomic E-state index is 0.186. The molecule has 1 aliphatic rings. The maximum Gasteiger partial charge on any atom is 0.337 e. The molecule has 4 nitrogen and oxygen atoms in total. The van der Waals surface area contributed by atoms with Gasteiger partial charge in [0.05, 0.1) is 12.7 Å². The summed E-state index contributed by atoms with van der Waals surface area (Å²) < 4.78 is 18.1. The predicted octanol–water partition coefficient (Wildman–Crippen LogP) is 3.32. The lowest BCUT2D eigenvalue weighted by atomic mass is 10.1. The van der Waals surface area contributed by atoms with Crippen molar-refractivity contribution >= 4 is 11.7 Å². The van der Waals surface area contributed by atoms with E-state index in [9.17, 15) is 9.18 Å². The van der Waals surface area contributed by atoms with E-state index in [1.54, 1.807) is 24.3 Å². The summed E-state index contributed by atoms with van der Waals surface area (Å²) >= 11 is 0. The summed E-state index contributed by atoms with van der Waals surface area (Å²) in [5.41, 5.74) is 2.66. The number of nitrogens with zero attached hydrogens (tertiary/aromatic N) is 2. The Bertz CT molecular complexity index is 733. The summed E-state index contributed by atoms with van der Waals surface area (Å²) in [6.45, 7) is 5.66. The number of carbonyl (C=O) groups is 1. The number of benzene rings is 2.